The van der Waals surface area contributed by atoms with Gasteiger partial charge in [-0.1, -0.05) is 58.0 Å². The molecule has 2 aromatic rings. The molecule has 1 amide bonds. The molecule has 1 heterocycles. The average molecular weight is 398 g/mol. The number of nitrogens with zero attached hydrogens (tertiary/aromatic N) is 1. The van der Waals surface area contributed by atoms with Gasteiger partial charge in [0.25, 0.3) is 0 Å². The van der Waals surface area contributed by atoms with E-state index in [0.717, 1.165) is 16.9 Å². The summed E-state index contributed by atoms with van der Waals surface area (Å²) < 4.78 is 0. The molecule has 150 valence electrons. The molecule has 1 aromatic heterocycles. The molecule has 4 nitrogen and oxygen atoms in total. The van der Waals surface area contributed by atoms with E-state index in [-0.39, 0.29) is 24.4 Å². The van der Waals surface area contributed by atoms with Crippen LogP contribution >= 0.6 is 11.3 Å². The van der Waals surface area contributed by atoms with Gasteiger partial charge in [-0.3, -0.25) is 10.1 Å². The van der Waals surface area contributed by atoms with Crippen molar-refractivity contribution in [3.05, 3.63) is 57.8 Å². The summed E-state index contributed by atoms with van der Waals surface area (Å²) in [5, 5.41) is 17.7. The zero-order valence-corrected chi connectivity index (χ0v) is 18.3. The van der Waals surface area contributed by atoms with E-state index in [0.29, 0.717) is 5.92 Å². The highest BCUT2D eigenvalue weighted by Gasteiger charge is 2.30. The molecule has 0 aliphatic rings. The zero-order chi connectivity index (χ0) is 20.7. The summed E-state index contributed by atoms with van der Waals surface area (Å²) in [6.45, 7) is 10.2. The van der Waals surface area contributed by atoms with Crippen molar-refractivity contribution in [3.8, 4) is 6.07 Å². The summed E-state index contributed by atoms with van der Waals surface area (Å²) in [7, 11) is 0. The fourth-order valence-electron chi connectivity index (χ4n) is 2.92. The van der Waals surface area contributed by atoms with Crippen molar-refractivity contribution in [2.75, 3.05) is 6.54 Å². The molecule has 1 aromatic carbocycles. The lowest BCUT2D eigenvalue weighted by Crippen LogP contribution is -2.51. The quantitative estimate of drug-likeness (QED) is 0.626. The van der Waals surface area contributed by atoms with Gasteiger partial charge in [0.1, 0.15) is 5.54 Å². The Kier molecular flexibility index (Phi) is 7.79. The molecule has 3 atom stereocenters. The van der Waals surface area contributed by atoms with Gasteiger partial charge >= 0.3 is 0 Å². The van der Waals surface area contributed by atoms with Crippen LogP contribution in [0.5, 0.6) is 0 Å². The number of rotatable bonds is 9. The standard InChI is InChI=1S/C23H31N3OS/c1-6-17(4)18-9-11-19(12-10-18)22(20-8-7-13-28-20)25-14-21(27)26-23(5,15-24)16(2)3/h7-13,16-17,22,25H,6,14H2,1-5H3,(H,26,27)/t17-,22+,23-/m0/s1. The van der Waals surface area contributed by atoms with Crippen molar-refractivity contribution >= 4 is 17.2 Å². The second-order valence-electron chi connectivity index (χ2n) is 7.82. The molecule has 5 heteroatoms. The molecule has 0 saturated heterocycles. The first-order valence-electron chi connectivity index (χ1n) is 9.89. The first-order chi connectivity index (χ1) is 13.3. The Morgan fingerprint density at radius 3 is 2.32 bits per heavy atom. The molecule has 0 bridgehead atoms. The third-order valence-electron chi connectivity index (χ3n) is 5.53. The number of amides is 1. The number of hydrogen-bond donors (Lipinski definition) is 2. The summed E-state index contributed by atoms with van der Waals surface area (Å²) in [4.78, 5) is 13.7. The SMILES string of the molecule is CC[C@H](C)c1ccc([C@@H](NCC(=O)N[C@@](C)(C#N)C(C)C)c2cccs2)cc1. The van der Waals surface area contributed by atoms with Crippen LogP contribution in [0.4, 0.5) is 0 Å². The molecule has 2 N–H and O–H groups in total. The van der Waals surface area contributed by atoms with Crippen LogP contribution in [-0.2, 0) is 4.79 Å². The van der Waals surface area contributed by atoms with Crippen LogP contribution in [0.3, 0.4) is 0 Å². The fraction of sp³-hybridized carbons (Fsp3) is 0.478. The maximum absolute atomic E-state index is 12.5. The molecule has 0 fully saturated rings. The first-order valence-corrected chi connectivity index (χ1v) is 10.8. The third-order valence-corrected chi connectivity index (χ3v) is 6.47. The van der Waals surface area contributed by atoms with Gasteiger partial charge in [0.2, 0.25) is 5.91 Å². The lowest BCUT2D eigenvalue weighted by atomic mass is 9.90. The molecular weight excluding hydrogens is 366 g/mol. The minimum atomic E-state index is -0.866. The summed E-state index contributed by atoms with van der Waals surface area (Å²) in [5.74, 6) is 0.394. The molecular formula is C23H31N3OS. The van der Waals surface area contributed by atoms with Crippen molar-refractivity contribution in [2.24, 2.45) is 5.92 Å². The molecule has 0 unspecified atom stereocenters. The zero-order valence-electron chi connectivity index (χ0n) is 17.5. The van der Waals surface area contributed by atoms with Gasteiger partial charge in [0.05, 0.1) is 18.7 Å². The van der Waals surface area contributed by atoms with Gasteiger partial charge in [-0.05, 0) is 47.8 Å². The topological polar surface area (TPSA) is 64.9 Å². The van der Waals surface area contributed by atoms with E-state index < -0.39 is 5.54 Å². The van der Waals surface area contributed by atoms with E-state index >= 15 is 0 Å². The van der Waals surface area contributed by atoms with Crippen LogP contribution in [0.2, 0.25) is 0 Å². The van der Waals surface area contributed by atoms with Gasteiger partial charge in [-0.2, -0.15) is 5.26 Å². The van der Waals surface area contributed by atoms with E-state index in [4.69, 9.17) is 0 Å². The van der Waals surface area contributed by atoms with Gasteiger partial charge < -0.3 is 5.32 Å². The number of nitriles is 1. The monoisotopic (exact) mass is 397 g/mol. The molecule has 0 aliphatic carbocycles. The van der Waals surface area contributed by atoms with Crippen molar-refractivity contribution in [2.45, 2.75) is 58.5 Å². The molecule has 0 radical (unpaired) electrons. The summed E-state index contributed by atoms with van der Waals surface area (Å²) in [6.07, 6.45) is 1.11. The highest BCUT2D eigenvalue weighted by molar-refractivity contribution is 7.10. The summed E-state index contributed by atoms with van der Waals surface area (Å²) in [5.41, 5.74) is 1.60. The van der Waals surface area contributed by atoms with Crippen molar-refractivity contribution in [1.82, 2.24) is 10.6 Å². The second-order valence-corrected chi connectivity index (χ2v) is 8.80. The van der Waals surface area contributed by atoms with Crippen LogP contribution in [-0.4, -0.2) is 18.0 Å². The Hall–Kier alpha value is -2.16. The van der Waals surface area contributed by atoms with E-state index in [1.54, 1.807) is 18.3 Å². The number of carbonyl (C=O) groups excluding carboxylic acids is 1. The van der Waals surface area contributed by atoms with Crippen molar-refractivity contribution < 1.29 is 4.79 Å². The maximum atomic E-state index is 12.5. The van der Waals surface area contributed by atoms with E-state index in [1.165, 1.54) is 5.56 Å². The largest absolute Gasteiger partial charge is 0.337 e. The van der Waals surface area contributed by atoms with Crippen LogP contribution in [0, 0.1) is 17.2 Å². The van der Waals surface area contributed by atoms with Crippen LogP contribution < -0.4 is 10.6 Å². The van der Waals surface area contributed by atoms with E-state index in [1.807, 2.05) is 25.3 Å². The lowest BCUT2D eigenvalue weighted by Gasteiger charge is -2.28. The predicted octanol–water partition coefficient (Wildman–Crippen LogP) is 5.00. The minimum Gasteiger partial charge on any atom is -0.337 e. The van der Waals surface area contributed by atoms with Gasteiger partial charge in [0.15, 0.2) is 0 Å². The Bertz CT molecular complexity index is 792. The van der Waals surface area contributed by atoms with Gasteiger partial charge in [-0.15, -0.1) is 11.3 Å². The minimum absolute atomic E-state index is 0.0302. The van der Waals surface area contributed by atoms with E-state index in [2.05, 4.69) is 60.9 Å². The first kappa shape index (κ1) is 22.1. The van der Waals surface area contributed by atoms with Crippen molar-refractivity contribution in [1.29, 1.82) is 5.26 Å². The van der Waals surface area contributed by atoms with Crippen LogP contribution in [0.1, 0.15) is 69.0 Å². The molecule has 0 aliphatic heterocycles. The highest BCUT2D eigenvalue weighted by atomic mass is 32.1. The molecule has 0 saturated carbocycles. The third kappa shape index (κ3) is 5.43. The average Bonchev–Trinajstić information content (AvgIpc) is 3.22. The number of hydrogen-bond acceptors (Lipinski definition) is 4. The number of nitrogens with one attached hydrogen (secondary N) is 2. The lowest BCUT2D eigenvalue weighted by molar-refractivity contribution is -0.121. The number of thiophene rings is 1. The van der Waals surface area contributed by atoms with Crippen LogP contribution in [0.25, 0.3) is 0 Å². The summed E-state index contributed by atoms with van der Waals surface area (Å²) in [6, 6.07) is 14.9. The molecule has 0 spiro atoms. The van der Waals surface area contributed by atoms with Gasteiger partial charge in [-0.25, -0.2) is 0 Å². The Morgan fingerprint density at radius 2 is 1.82 bits per heavy atom. The Balaban J connectivity index is 2.13. The van der Waals surface area contributed by atoms with Crippen molar-refractivity contribution in [3.63, 3.8) is 0 Å². The van der Waals surface area contributed by atoms with E-state index in [9.17, 15) is 10.1 Å². The second kappa shape index (κ2) is 9.86. The maximum Gasteiger partial charge on any atom is 0.235 e. The predicted molar refractivity (Wildman–Crippen MR) is 116 cm³/mol. The molecule has 28 heavy (non-hydrogen) atoms. The Labute approximate surface area is 173 Å². The highest BCUT2D eigenvalue weighted by Crippen LogP contribution is 2.28. The summed E-state index contributed by atoms with van der Waals surface area (Å²) >= 11 is 1.67. The number of carbonyl (C=O) groups is 1. The normalized spacial score (nSPS) is 15.5. The number of benzene rings is 1. The fourth-order valence-corrected chi connectivity index (χ4v) is 3.75. The van der Waals surface area contributed by atoms with Crippen LogP contribution in [0.15, 0.2) is 41.8 Å². The Morgan fingerprint density at radius 1 is 1.18 bits per heavy atom. The smallest absolute Gasteiger partial charge is 0.235 e. The van der Waals surface area contributed by atoms with Gasteiger partial charge in [0, 0.05) is 4.88 Å². The molecule has 2 rings (SSSR count).